The van der Waals surface area contributed by atoms with Gasteiger partial charge in [-0.1, -0.05) is 38.1 Å². The first kappa shape index (κ1) is 31.3. The number of hydrogen-bond acceptors (Lipinski definition) is 7. The maximum atomic E-state index is 13.9. The Balaban J connectivity index is 3.39. The van der Waals surface area contributed by atoms with Crippen LogP contribution in [0.2, 0.25) is 0 Å². The zero-order valence-corrected chi connectivity index (χ0v) is 23.3. The molecule has 9 nitrogen and oxygen atoms in total. The predicted octanol–water partition coefficient (Wildman–Crippen LogP) is 3.46. The Morgan fingerprint density at radius 1 is 1.08 bits per heavy atom. The van der Waals surface area contributed by atoms with Gasteiger partial charge in [-0.25, -0.2) is 4.79 Å². The Labute approximate surface area is 219 Å². The molecule has 0 fully saturated rings. The van der Waals surface area contributed by atoms with E-state index in [2.05, 4.69) is 15.4 Å². The minimum atomic E-state index is -0.995. The molecule has 0 saturated heterocycles. The first-order valence-corrected chi connectivity index (χ1v) is 13.6. The van der Waals surface area contributed by atoms with Crippen LogP contribution in [0.1, 0.15) is 64.6 Å². The fourth-order valence-electron chi connectivity index (χ4n) is 3.49. The van der Waals surface area contributed by atoms with Crippen molar-refractivity contribution in [2.24, 2.45) is 0 Å². The van der Waals surface area contributed by atoms with Gasteiger partial charge in [-0.15, -0.1) is 0 Å². The van der Waals surface area contributed by atoms with E-state index < -0.39 is 41.6 Å². The molecular weight excluding hydrogens is 482 g/mol. The van der Waals surface area contributed by atoms with E-state index in [9.17, 15) is 19.2 Å². The number of carbonyl (C=O) groups is 4. The van der Waals surface area contributed by atoms with Gasteiger partial charge in [0.1, 0.15) is 24.2 Å². The Morgan fingerprint density at radius 3 is 2.22 bits per heavy atom. The second-order valence-electron chi connectivity index (χ2n) is 9.30. The lowest BCUT2D eigenvalue weighted by Crippen LogP contribution is -2.53. The van der Waals surface area contributed by atoms with Gasteiger partial charge in [0.05, 0.1) is 7.11 Å². The van der Waals surface area contributed by atoms with Crippen LogP contribution in [-0.4, -0.2) is 72.6 Å². The molecule has 1 aromatic rings. The number of methoxy groups -OCH3 is 1. The number of alkyl carbamates (subject to hydrolysis) is 1. The summed E-state index contributed by atoms with van der Waals surface area (Å²) in [5.74, 6) is -0.876. The van der Waals surface area contributed by atoms with Gasteiger partial charge in [0.15, 0.2) is 0 Å². The fourth-order valence-corrected chi connectivity index (χ4v) is 3.96. The summed E-state index contributed by atoms with van der Waals surface area (Å²) in [6.07, 6.45) is 2.99. The van der Waals surface area contributed by atoms with E-state index in [0.717, 1.165) is 12.0 Å². The summed E-state index contributed by atoms with van der Waals surface area (Å²) in [5, 5.41) is 5.28. The molecule has 0 bridgehead atoms. The number of ether oxygens (including phenoxy) is 2. The average molecular weight is 524 g/mol. The van der Waals surface area contributed by atoms with Gasteiger partial charge in [0.2, 0.25) is 11.8 Å². The average Bonchev–Trinajstić information content (AvgIpc) is 2.83. The van der Waals surface area contributed by atoms with Crippen molar-refractivity contribution >= 4 is 35.6 Å². The highest BCUT2D eigenvalue weighted by molar-refractivity contribution is 7.98. The number of benzene rings is 1. The van der Waals surface area contributed by atoms with Crippen LogP contribution < -0.4 is 10.6 Å². The minimum absolute atomic E-state index is 0.274. The van der Waals surface area contributed by atoms with Crippen molar-refractivity contribution in [3.8, 4) is 0 Å². The van der Waals surface area contributed by atoms with E-state index in [4.69, 9.17) is 4.74 Å². The summed E-state index contributed by atoms with van der Waals surface area (Å²) in [4.78, 5) is 52.9. The molecule has 0 aliphatic rings. The summed E-state index contributed by atoms with van der Waals surface area (Å²) in [5.41, 5.74) is 0.972. The maximum Gasteiger partial charge on any atom is 0.408 e. The molecule has 0 radical (unpaired) electrons. The van der Waals surface area contributed by atoms with Crippen molar-refractivity contribution in [1.29, 1.82) is 0 Å². The lowest BCUT2D eigenvalue weighted by atomic mass is 10.00. The van der Waals surface area contributed by atoms with Crippen LogP contribution in [0.5, 0.6) is 0 Å². The van der Waals surface area contributed by atoms with Gasteiger partial charge in [0.25, 0.3) is 0 Å². The smallest absolute Gasteiger partial charge is 0.408 e. The number of esters is 1. The lowest BCUT2D eigenvalue weighted by Gasteiger charge is -2.34. The van der Waals surface area contributed by atoms with Gasteiger partial charge < -0.3 is 25.0 Å². The standard InChI is InChI=1S/C26H41N3O6S/c1-8-15-29(24(32)20(14-16-36-7)28-25(33)35-26(3,4)5)22(23(31)27-17-21(30)34-6)19-12-10-18(9-2)11-13-19/h10-13,20,22H,8-9,14-17H2,1-7H3,(H,27,31)(H,28,33). The van der Waals surface area contributed by atoms with Crippen molar-refractivity contribution in [3.05, 3.63) is 35.4 Å². The fraction of sp³-hybridized carbons (Fsp3) is 0.615. The molecule has 0 aromatic heterocycles. The van der Waals surface area contributed by atoms with Crippen molar-refractivity contribution < 1.29 is 28.7 Å². The molecule has 36 heavy (non-hydrogen) atoms. The molecule has 1 aromatic carbocycles. The minimum Gasteiger partial charge on any atom is -0.468 e. The first-order chi connectivity index (χ1) is 17.0. The highest BCUT2D eigenvalue weighted by Gasteiger charge is 2.35. The van der Waals surface area contributed by atoms with Crippen molar-refractivity contribution in [2.45, 2.75) is 71.6 Å². The van der Waals surface area contributed by atoms with Gasteiger partial charge in [0, 0.05) is 6.54 Å². The molecule has 2 N–H and O–H groups in total. The molecule has 2 atom stereocenters. The molecule has 0 saturated carbocycles. The van der Waals surface area contributed by atoms with Gasteiger partial charge in [-0.05, 0) is 63.2 Å². The molecule has 3 amide bonds. The summed E-state index contributed by atoms with van der Waals surface area (Å²) >= 11 is 1.55. The van der Waals surface area contributed by atoms with Crippen molar-refractivity contribution in [1.82, 2.24) is 15.5 Å². The normalized spacial score (nSPS) is 12.8. The predicted molar refractivity (Wildman–Crippen MR) is 142 cm³/mol. The zero-order valence-electron chi connectivity index (χ0n) is 22.5. The summed E-state index contributed by atoms with van der Waals surface area (Å²) in [6, 6.07) is 5.57. The van der Waals surface area contributed by atoms with E-state index in [1.54, 1.807) is 32.5 Å². The van der Waals surface area contributed by atoms with Crippen LogP contribution in [0.4, 0.5) is 4.79 Å². The van der Waals surface area contributed by atoms with Crippen molar-refractivity contribution in [2.75, 3.05) is 32.2 Å². The molecule has 202 valence electrons. The topological polar surface area (TPSA) is 114 Å². The monoisotopic (exact) mass is 523 g/mol. The molecule has 0 spiro atoms. The Bertz CT molecular complexity index is 869. The van der Waals surface area contributed by atoms with Crippen molar-refractivity contribution in [3.63, 3.8) is 0 Å². The van der Waals surface area contributed by atoms with Crippen LogP contribution in [0.15, 0.2) is 24.3 Å². The third kappa shape index (κ3) is 10.5. The van der Waals surface area contributed by atoms with Gasteiger partial charge in [-0.3, -0.25) is 14.4 Å². The highest BCUT2D eigenvalue weighted by Crippen LogP contribution is 2.24. The first-order valence-electron chi connectivity index (χ1n) is 12.2. The van der Waals surface area contributed by atoms with E-state index in [-0.39, 0.29) is 13.1 Å². The molecule has 10 heteroatoms. The number of carbonyl (C=O) groups excluding carboxylic acids is 4. The van der Waals surface area contributed by atoms with Crippen LogP contribution in [0, 0.1) is 0 Å². The molecule has 1 rings (SSSR count). The van der Waals surface area contributed by atoms with Gasteiger partial charge >= 0.3 is 12.1 Å². The number of rotatable bonds is 13. The maximum absolute atomic E-state index is 13.9. The Kier molecular flexibility index (Phi) is 13.4. The van der Waals surface area contributed by atoms with Crippen LogP contribution >= 0.6 is 11.8 Å². The SMILES string of the molecule is CCCN(C(=O)C(CCSC)NC(=O)OC(C)(C)C)C(C(=O)NCC(=O)OC)c1ccc(CC)cc1. The zero-order chi connectivity index (χ0) is 27.3. The molecule has 0 aliphatic carbocycles. The number of hydrogen-bond donors (Lipinski definition) is 2. The van der Waals surface area contributed by atoms with Gasteiger partial charge in [-0.2, -0.15) is 11.8 Å². The Morgan fingerprint density at radius 2 is 1.72 bits per heavy atom. The summed E-state index contributed by atoms with van der Waals surface area (Å²) < 4.78 is 10.0. The third-order valence-electron chi connectivity index (χ3n) is 5.25. The molecule has 2 unspecified atom stereocenters. The summed E-state index contributed by atoms with van der Waals surface area (Å²) in [7, 11) is 1.24. The molecule has 0 aliphatic heterocycles. The second-order valence-corrected chi connectivity index (χ2v) is 10.3. The third-order valence-corrected chi connectivity index (χ3v) is 5.89. The number of amides is 3. The Hall–Kier alpha value is -2.75. The molecular formula is C26H41N3O6S. The number of thioether (sulfide) groups is 1. The van der Waals surface area contributed by atoms with E-state index in [0.29, 0.717) is 24.2 Å². The van der Waals surface area contributed by atoms with E-state index in [1.165, 1.54) is 12.0 Å². The largest absolute Gasteiger partial charge is 0.468 e. The van der Waals surface area contributed by atoms with Crippen LogP contribution in [-0.2, 0) is 30.3 Å². The molecule has 0 heterocycles. The second kappa shape index (κ2) is 15.4. The van der Waals surface area contributed by atoms with E-state index >= 15 is 0 Å². The lowest BCUT2D eigenvalue weighted by molar-refractivity contribution is -0.144. The summed E-state index contributed by atoms with van der Waals surface area (Å²) in [6.45, 7) is 9.13. The highest BCUT2D eigenvalue weighted by atomic mass is 32.2. The number of aryl methyl sites for hydroxylation is 1. The van der Waals surface area contributed by atoms with Crippen LogP contribution in [0.3, 0.4) is 0 Å². The quantitative estimate of drug-likeness (QED) is 0.381. The number of nitrogens with one attached hydrogen (secondary N) is 2. The van der Waals surface area contributed by atoms with Crippen LogP contribution in [0.25, 0.3) is 0 Å². The van der Waals surface area contributed by atoms with E-state index in [1.807, 2.05) is 44.4 Å². The number of nitrogens with zero attached hydrogens (tertiary/aromatic N) is 1.